The first-order valence-corrected chi connectivity index (χ1v) is 10.7. The van der Waals surface area contributed by atoms with Crippen LogP contribution in [0.2, 0.25) is 0 Å². The number of ether oxygens (including phenoxy) is 2. The van der Waals surface area contributed by atoms with Gasteiger partial charge in [0, 0.05) is 7.05 Å². The van der Waals surface area contributed by atoms with Crippen LogP contribution in [0.3, 0.4) is 0 Å². The second-order valence-electron chi connectivity index (χ2n) is 8.24. The number of aryl methyl sites for hydroxylation is 3. The molecule has 1 aliphatic heterocycles. The van der Waals surface area contributed by atoms with E-state index in [1.165, 1.54) is 15.3 Å². The van der Waals surface area contributed by atoms with Gasteiger partial charge in [0.05, 0.1) is 43.4 Å². The smallest absolute Gasteiger partial charge is 0.407 e. The van der Waals surface area contributed by atoms with Crippen LogP contribution in [0.5, 0.6) is 0 Å². The minimum atomic E-state index is -1.51. The van der Waals surface area contributed by atoms with Gasteiger partial charge in [0.15, 0.2) is 17.4 Å². The normalized spacial score (nSPS) is 23.1. The minimum absolute atomic E-state index is 0.0144. The van der Waals surface area contributed by atoms with Crippen molar-refractivity contribution in [2.75, 3.05) is 13.7 Å². The number of nitrogens with zero attached hydrogens (tertiary/aromatic N) is 5. The van der Waals surface area contributed by atoms with E-state index in [-0.39, 0.29) is 29.8 Å². The van der Waals surface area contributed by atoms with Gasteiger partial charge in [-0.15, -0.1) is 0 Å². The van der Waals surface area contributed by atoms with E-state index in [1.807, 2.05) is 0 Å². The standard InChI is InChI=1S/C20H26N6O9/c1-8-10(5-4-9(18(31)32)23-20(33)34-3)26-16(30)12-15(24(2)19(26)22-8)25(7-21-12)17-14(29)13(28)11(6-27)35-17/h7,9,11,13-14,17,27-29H,4-6H2,1-3H3,(H,23,33)(H,31,32)/p-1/t9?,11-,13-,14-,17-/m1/s1. The summed E-state index contributed by atoms with van der Waals surface area (Å²) in [5.41, 5.74) is 0.609. The molecule has 4 heterocycles. The van der Waals surface area contributed by atoms with Crippen LogP contribution in [0.4, 0.5) is 4.79 Å². The number of carboxylic acids is 1. The monoisotopic (exact) mass is 493 g/mol. The first-order valence-electron chi connectivity index (χ1n) is 10.7. The zero-order valence-corrected chi connectivity index (χ0v) is 19.1. The Bertz CT molecular complexity index is 1340. The van der Waals surface area contributed by atoms with Crippen molar-refractivity contribution in [2.24, 2.45) is 7.05 Å². The zero-order valence-electron chi connectivity index (χ0n) is 19.1. The maximum atomic E-state index is 13.4. The molecule has 190 valence electrons. The third-order valence-electron chi connectivity index (χ3n) is 6.17. The maximum Gasteiger partial charge on any atom is 0.407 e. The van der Waals surface area contributed by atoms with Crippen molar-refractivity contribution in [1.82, 2.24) is 28.8 Å². The molecule has 0 saturated carbocycles. The Hall–Kier alpha value is -3.53. The molecule has 0 spiro atoms. The number of aromatic nitrogens is 5. The number of aliphatic carboxylic acids is 1. The number of amides is 1. The largest absolute Gasteiger partial charge is 0.548 e. The number of methoxy groups -OCH3 is 1. The highest BCUT2D eigenvalue weighted by Gasteiger charge is 2.44. The van der Waals surface area contributed by atoms with Gasteiger partial charge < -0.3 is 40.0 Å². The molecule has 15 nitrogen and oxygen atoms in total. The average Bonchev–Trinajstić information content (AvgIpc) is 3.49. The number of carbonyl (C=O) groups excluding carboxylic acids is 2. The lowest BCUT2D eigenvalue weighted by Gasteiger charge is -2.19. The number of hydrogen-bond acceptors (Lipinski definition) is 11. The van der Waals surface area contributed by atoms with Crippen molar-refractivity contribution in [1.29, 1.82) is 0 Å². The first kappa shape index (κ1) is 24.6. The highest BCUT2D eigenvalue weighted by molar-refractivity contribution is 5.78. The molecule has 4 N–H and O–H groups in total. The number of fused-ring (bicyclic) bond motifs is 2. The van der Waals surface area contributed by atoms with Crippen molar-refractivity contribution in [3.05, 3.63) is 28.1 Å². The van der Waals surface area contributed by atoms with Crippen LogP contribution in [0.1, 0.15) is 24.0 Å². The van der Waals surface area contributed by atoms with E-state index in [4.69, 9.17) is 4.74 Å². The molecule has 0 radical (unpaired) electrons. The van der Waals surface area contributed by atoms with Crippen molar-refractivity contribution >= 4 is 29.0 Å². The van der Waals surface area contributed by atoms with Gasteiger partial charge in [-0.25, -0.2) is 19.2 Å². The van der Waals surface area contributed by atoms with E-state index < -0.39 is 54.8 Å². The predicted molar refractivity (Wildman–Crippen MR) is 114 cm³/mol. The fourth-order valence-corrected chi connectivity index (χ4v) is 4.34. The van der Waals surface area contributed by atoms with E-state index >= 15 is 0 Å². The van der Waals surface area contributed by atoms with Crippen LogP contribution in [0.25, 0.3) is 16.9 Å². The van der Waals surface area contributed by atoms with E-state index in [0.29, 0.717) is 11.4 Å². The SMILES string of the molecule is COC(=O)NC(CCc1c(C)nc2n(C)c3c(ncn3[C@@H]3O[C@H](CO)[C@@H](O)[C@H]3O)c(=O)n12)C(=O)[O-]. The highest BCUT2D eigenvalue weighted by Crippen LogP contribution is 2.31. The number of alkyl carbamates (subject to hydrolysis) is 1. The summed E-state index contributed by atoms with van der Waals surface area (Å²) < 4.78 is 14.3. The lowest BCUT2D eigenvalue weighted by Crippen LogP contribution is -2.48. The molecular weight excluding hydrogens is 468 g/mol. The third kappa shape index (κ3) is 4.01. The summed E-state index contributed by atoms with van der Waals surface area (Å²) in [6.45, 7) is 1.15. The van der Waals surface area contributed by atoms with Crippen molar-refractivity contribution in [3.63, 3.8) is 0 Å². The van der Waals surface area contributed by atoms with Crippen LogP contribution in [-0.2, 0) is 27.7 Å². The Morgan fingerprint density at radius 2 is 2.06 bits per heavy atom. The van der Waals surface area contributed by atoms with E-state index in [0.717, 1.165) is 7.11 Å². The van der Waals surface area contributed by atoms with Gasteiger partial charge in [0.25, 0.3) is 5.56 Å². The molecule has 3 aromatic heterocycles. The number of imidazole rings is 2. The number of nitrogens with one attached hydrogen (secondary N) is 1. The van der Waals surface area contributed by atoms with Gasteiger partial charge in [-0.05, 0) is 19.8 Å². The van der Waals surface area contributed by atoms with E-state index in [9.17, 15) is 34.8 Å². The minimum Gasteiger partial charge on any atom is -0.548 e. The summed E-state index contributed by atoms with van der Waals surface area (Å²) in [4.78, 5) is 44.9. The molecule has 1 aliphatic rings. The highest BCUT2D eigenvalue weighted by atomic mass is 16.6. The molecule has 3 aromatic rings. The predicted octanol–water partition coefficient (Wildman–Crippen LogP) is -3.29. The number of aliphatic hydroxyl groups excluding tert-OH is 3. The number of aliphatic hydroxyl groups is 3. The second kappa shape index (κ2) is 9.26. The summed E-state index contributed by atoms with van der Waals surface area (Å²) in [5, 5.41) is 43.5. The summed E-state index contributed by atoms with van der Waals surface area (Å²) in [7, 11) is 2.72. The van der Waals surface area contributed by atoms with Gasteiger partial charge in [0.1, 0.15) is 18.3 Å². The number of carbonyl (C=O) groups is 2. The van der Waals surface area contributed by atoms with Crippen LogP contribution in [0, 0.1) is 6.92 Å². The van der Waals surface area contributed by atoms with Gasteiger partial charge in [0.2, 0.25) is 5.78 Å². The fourth-order valence-electron chi connectivity index (χ4n) is 4.34. The van der Waals surface area contributed by atoms with Gasteiger partial charge in [-0.3, -0.25) is 13.9 Å². The van der Waals surface area contributed by atoms with Gasteiger partial charge in [-0.2, -0.15) is 0 Å². The third-order valence-corrected chi connectivity index (χ3v) is 6.17. The van der Waals surface area contributed by atoms with Gasteiger partial charge >= 0.3 is 6.09 Å². The molecule has 0 aliphatic carbocycles. The Kier molecular flexibility index (Phi) is 6.50. The Balaban J connectivity index is 1.76. The van der Waals surface area contributed by atoms with Crippen LogP contribution in [-0.4, -0.2) is 89.0 Å². The molecule has 5 atom stereocenters. The van der Waals surface area contributed by atoms with Crippen LogP contribution >= 0.6 is 0 Å². The molecule has 1 amide bonds. The van der Waals surface area contributed by atoms with Crippen molar-refractivity contribution < 1.29 is 39.5 Å². The fraction of sp³-hybridized carbons (Fsp3) is 0.550. The lowest BCUT2D eigenvalue weighted by atomic mass is 10.1. The van der Waals surface area contributed by atoms with E-state index in [2.05, 4.69) is 20.0 Å². The van der Waals surface area contributed by atoms with Crippen LogP contribution < -0.4 is 16.0 Å². The summed E-state index contributed by atoms with van der Waals surface area (Å²) in [6, 6.07) is -1.36. The Morgan fingerprint density at radius 3 is 2.66 bits per heavy atom. The number of rotatable bonds is 7. The maximum absolute atomic E-state index is 13.4. The molecule has 1 saturated heterocycles. The molecule has 15 heteroatoms. The quantitative estimate of drug-likeness (QED) is 0.257. The summed E-state index contributed by atoms with van der Waals surface area (Å²) >= 11 is 0. The molecule has 1 fully saturated rings. The first-order chi connectivity index (χ1) is 16.6. The Morgan fingerprint density at radius 1 is 1.34 bits per heavy atom. The summed E-state index contributed by atoms with van der Waals surface area (Å²) in [5.74, 6) is -1.29. The van der Waals surface area contributed by atoms with Gasteiger partial charge in [-0.1, -0.05) is 0 Å². The van der Waals surface area contributed by atoms with Crippen molar-refractivity contribution in [3.8, 4) is 0 Å². The zero-order chi connectivity index (χ0) is 25.6. The van der Waals surface area contributed by atoms with Crippen molar-refractivity contribution in [2.45, 2.75) is 50.3 Å². The average molecular weight is 493 g/mol. The molecule has 0 aromatic carbocycles. The lowest BCUT2D eigenvalue weighted by molar-refractivity contribution is -0.308. The molecular formula is C20H25N6O9-. The number of carboxylic acid groups (broad SMARTS) is 1. The second-order valence-corrected chi connectivity index (χ2v) is 8.24. The molecule has 0 bridgehead atoms. The molecule has 4 rings (SSSR count). The summed E-state index contributed by atoms with van der Waals surface area (Å²) in [6.07, 6.45) is -4.51. The number of hydrogen-bond donors (Lipinski definition) is 4. The van der Waals surface area contributed by atoms with Crippen LogP contribution in [0.15, 0.2) is 11.1 Å². The Labute approximate surface area is 197 Å². The topological polar surface area (TPSA) is 206 Å². The molecule has 1 unspecified atom stereocenters. The van der Waals surface area contributed by atoms with E-state index in [1.54, 1.807) is 18.5 Å². The molecule has 35 heavy (non-hydrogen) atoms.